The molecule has 66 valence electrons. The monoisotopic (exact) mass is 159 g/mol. The van der Waals surface area contributed by atoms with E-state index >= 15 is 0 Å². The van der Waals surface area contributed by atoms with E-state index in [9.17, 15) is 0 Å². The first-order valence-corrected chi connectivity index (χ1v) is 4.18. The van der Waals surface area contributed by atoms with Crippen LogP contribution in [-0.2, 0) is 4.74 Å². The number of hydrogen-bond acceptors (Lipinski definition) is 3. The van der Waals surface area contributed by atoms with E-state index in [0.717, 1.165) is 26.0 Å². The van der Waals surface area contributed by atoms with Gasteiger partial charge in [-0.3, -0.25) is 0 Å². The molecule has 1 fully saturated rings. The molecule has 0 unspecified atom stereocenters. The Hall–Kier alpha value is -0.120. The summed E-state index contributed by atoms with van der Waals surface area (Å²) in [6.07, 6.45) is 3.16. The molecule has 0 radical (unpaired) electrons. The molecule has 0 aromatic rings. The van der Waals surface area contributed by atoms with Gasteiger partial charge in [0, 0.05) is 19.3 Å². The fourth-order valence-electron chi connectivity index (χ4n) is 1.59. The highest BCUT2D eigenvalue weighted by Crippen LogP contribution is 2.22. The van der Waals surface area contributed by atoms with Crippen molar-refractivity contribution in [2.24, 2.45) is 0 Å². The van der Waals surface area contributed by atoms with E-state index in [1.807, 2.05) is 0 Å². The zero-order valence-corrected chi connectivity index (χ0v) is 7.10. The maximum absolute atomic E-state index is 9.13. The SMILES string of the molecule is COCC[C@@]1(CO)CCCN1. The van der Waals surface area contributed by atoms with Crippen LogP contribution in [0.2, 0.25) is 0 Å². The topological polar surface area (TPSA) is 41.5 Å². The lowest BCUT2D eigenvalue weighted by atomic mass is 9.95. The first-order valence-electron chi connectivity index (χ1n) is 4.18. The first-order chi connectivity index (χ1) is 5.33. The molecule has 2 N–H and O–H groups in total. The van der Waals surface area contributed by atoms with Crippen molar-refractivity contribution >= 4 is 0 Å². The quantitative estimate of drug-likeness (QED) is 0.613. The molecule has 1 rings (SSSR count). The molecule has 0 amide bonds. The summed E-state index contributed by atoms with van der Waals surface area (Å²) in [6.45, 7) is 1.99. The van der Waals surface area contributed by atoms with Gasteiger partial charge >= 0.3 is 0 Å². The molecule has 0 aromatic carbocycles. The van der Waals surface area contributed by atoms with Crippen LogP contribution in [0.1, 0.15) is 19.3 Å². The summed E-state index contributed by atoms with van der Waals surface area (Å²) in [5.41, 5.74) is -0.0317. The summed E-state index contributed by atoms with van der Waals surface area (Å²) >= 11 is 0. The van der Waals surface area contributed by atoms with Crippen LogP contribution in [0.4, 0.5) is 0 Å². The summed E-state index contributed by atoms with van der Waals surface area (Å²) in [6, 6.07) is 0. The molecule has 1 heterocycles. The van der Waals surface area contributed by atoms with E-state index in [2.05, 4.69) is 5.32 Å². The zero-order chi connectivity index (χ0) is 8.16. The maximum Gasteiger partial charge on any atom is 0.0614 e. The summed E-state index contributed by atoms with van der Waals surface area (Å²) < 4.78 is 4.98. The molecule has 1 aliphatic heterocycles. The third kappa shape index (κ3) is 2.15. The van der Waals surface area contributed by atoms with Crippen LogP contribution in [0.25, 0.3) is 0 Å². The highest BCUT2D eigenvalue weighted by Gasteiger charge is 2.31. The van der Waals surface area contributed by atoms with Gasteiger partial charge in [-0.05, 0) is 25.8 Å². The van der Waals surface area contributed by atoms with Crippen LogP contribution < -0.4 is 5.32 Å². The Balaban J connectivity index is 2.33. The van der Waals surface area contributed by atoms with Crippen molar-refractivity contribution in [3.05, 3.63) is 0 Å². The molecule has 0 saturated carbocycles. The molecule has 3 nitrogen and oxygen atoms in total. The average molecular weight is 159 g/mol. The minimum Gasteiger partial charge on any atom is -0.394 e. The molecular formula is C8H17NO2. The molecule has 11 heavy (non-hydrogen) atoms. The Labute approximate surface area is 67.7 Å². The van der Waals surface area contributed by atoms with E-state index in [1.54, 1.807) is 7.11 Å². The highest BCUT2D eigenvalue weighted by atomic mass is 16.5. The second-order valence-corrected chi connectivity index (χ2v) is 3.21. The van der Waals surface area contributed by atoms with Crippen LogP contribution in [0.3, 0.4) is 0 Å². The van der Waals surface area contributed by atoms with E-state index < -0.39 is 0 Å². The lowest BCUT2D eigenvalue weighted by Gasteiger charge is -2.26. The van der Waals surface area contributed by atoms with Crippen molar-refractivity contribution in [1.82, 2.24) is 5.32 Å². The fraction of sp³-hybridized carbons (Fsp3) is 1.00. The third-order valence-electron chi connectivity index (χ3n) is 2.42. The van der Waals surface area contributed by atoms with Gasteiger partial charge in [0.15, 0.2) is 0 Å². The number of nitrogens with one attached hydrogen (secondary N) is 1. The van der Waals surface area contributed by atoms with Crippen molar-refractivity contribution in [2.75, 3.05) is 26.9 Å². The number of ether oxygens (including phenoxy) is 1. The van der Waals surface area contributed by atoms with Crippen LogP contribution >= 0.6 is 0 Å². The van der Waals surface area contributed by atoms with E-state index in [1.165, 1.54) is 6.42 Å². The summed E-state index contributed by atoms with van der Waals surface area (Å²) in [5, 5.41) is 12.4. The van der Waals surface area contributed by atoms with E-state index in [-0.39, 0.29) is 12.1 Å². The molecule has 0 aliphatic carbocycles. The molecule has 1 aliphatic rings. The van der Waals surface area contributed by atoms with Gasteiger partial charge in [0.1, 0.15) is 0 Å². The minimum atomic E-state index is -0.0317. The number of aliphatic hydroxyl groups is 1. The molecule has 3 heteroatoms. The number of methoxy groups -OCH3 is 1. The van der Waals surface area contributed by atoms with Crippen molar-refractivity contribution in [2.45, 2.75) is 24.8 Å². The molecule has 1 saturated heterocycles. The van der Waals surface area contributed by atoms with Crippen LogP contribution in [0, 0.1) is 0 Å². The molecular weight excluding hydrogens is 142 g/mol. The standard InChI is InChI=1S/C8H17NO2/c1-11-6-4-8(7-10)3-2-5-9-8/h9-10H,2-7H2,1H3/t8-/m1/s1. The predicted molar refractivity (Wildman–Crippen MR) is 43.5 cm³/mol. The normalized spacial score (nSPS) is 31.1. The van der Waals surface area contributed by atoms with E-state index in [4.69, 9.17) is 9.84 Å². The van der Waals surface area contributed by atoms with Gasteiger partial charge in [-0.2, -0.15) is 0 Å². The lowest BCUT2D eigenvalue weighted by Crippen LogP contribution is -2.44. The highest BCUT2D eigenvalue weighted by molar-refractivity contribution is 4.92. The molecule has 0 bridgehead atoms. The minimum absolute atomic E-state index is 0.0317. The van der Waals surface area contributed by atoms with Gasteiger partial charge in [0.25, 0.3) is 0 Å². The lowest BCUT2D eigenvalue weighted by molar-refractivity contribution is 0.117. The summed E-state index contributed by atoms with van der Waals surface area (Å²) in [5.74, 6) is 0. The van der Waals surface area contributed by atoms with Crippen molar-refractivity contribution in [3.63, 3.8) is 0 Å². The Kier molecular flexibility index (Phi) is 3.30. The largest absolute Gasteiger partial charge is 0.394 e. The van der Waals surface area contributed by atoms with Crippen molar-refractivity contribution < 1.29 is 9.84 Å². The van der Waals surface area contributed by atoms with Crippen molar-refractivity contribution in [3.8, 4) is 0 Å². The third-order valence-corrected chi connectivity index (χ3v) is 2.42. The molecule has 0 aromatic heterocycles. The van der Waals surface area contributed by atoms with Gasteiger partial charge in [-0.15, -0.1) is 0 Å². The smallest absolute Gasteiger partial charge is 0.0614 e. The Bertz CT molecular complexity index is 111. The second-order valence-electron chi connectivity index (χ2n) is 3.21. The van der Waals surface area contributed by atoms with Gasteiger partial charge in [0.2, 0.25) is 0 Å². The Morgan fingerprint density at radius 3 is 2.91 bits per heavy atom. The second kappa shape index (κ2) is 4.04. The molecule has 0 spiro atoms. The number of hydrogen-bond donors (Lipinski definition) is 2. The van der Waals surface area contributed by atoms with Gasteiger partial charge in [-0.25, -0.2) is 0 Å². The number of aliphatic hydroxyl groups excluding tert-OH is 1. The van der Waals surface area contributed by atoms with Crippen LogP contribution in [0.15, 0.2) is 0 Å². The fourth-order valence-corrected chi connectivity index (χ4v) is 1.59. The van der Waals surface area contributed by atoms with Gasteiger partial charge in [0.05, 0.1) is 6.61 Å². The number of rotatable bonds is 4. The Morgan fingerprint density at radius 1 is 1.64 bits per heavy atom. The Morgan fingerprint density at radius 2 is 2.45 bits per heavy atom. The maximum atomic E-state index is 9.13. The zero-order valence-electron chi connectivity index (χ0n) is 7.10. The van der Waals surface area contributed by atoms with Crippen LogP contribution in [0.5, 0.6) is 0 Å². The first kappa shape index (κ1) is 8.97. The summed E-state index contributed by atoms with van der Waals surface area (Å²) in [7, 11) is 1.69. The van der Waals surface area contributed by atoms with Gasteiger partial charge < -0.3 is 15.2 Å². The van der Waals surface area contributed by atoms with E-state index in [0.29, 0.717) is 0 Å². The molecule has 1 atom stereocenters. The van der Waals surface area contributed by atoms with Crippen molar-refractivity contribution in [1.29, 1.82) is 0 Å². The van der Waals surface area contributed by atoms with Crippen LogP contribution in [-0.4, -0.2) is 37.5 Å². The predicted octanol–water partition coefficient (Wildman–Crippen LogP) is 0.137. The average Bonchev–Trinajstić information content (AvgIpc) is 2.50. The van der Waals surface area contributed by atoms with Gasteiger partial charge in [-0.1, -0.05) is 0 Å². The summed E-state index contributed by atoms with van der Waals surface area (Å²) in [4.78, 5) is 0.